The molecule has 2 rings (SSSR count). The molecule has 0 radical (unpaired) electrons. The third-order valence-electron chi connectivity index (χ3n) is 3.51. The van der Waals surface area contributed by atoms with Crippen LogP contribution >= 0.6 is 11.6 Å². The summed E-state index contributed by atoms with van der Waals surface area (Å²) >= 11 is 5.94. The molecule has 1 aromatic rings. The maximum absolute atomic E-state index is 12.5. The van der Waals surface area contributed by atoms with E-state index in [2.05, 4.69) is 0 Å². The summed E-state index contributed by atoms with van der Waals surface area (Å²) in [7, 11) is 0. The normalized spacial score (nSPS) is 19.9. The van der Waals surface area contributed by atoms with E-state index in [1.807, 2.05) is 11.8 Å². The summed E-state index contributed by atoms with van der Waals surface area (Å²) < 4.78 is 0. The van der Waals surface area contributed by atoms with E-state index in [4.69, 9.17) is 11.6 Å². The van der Waals surface area contributed by atoms with Crippen molar-refractivity contribution in [1.82, 2.24) is 4.90 Å². The number of piperidine rings is 1. The molecule has 1 aliphatic heterocycles. The second-order valence-corrected chi connectivity index (χ2v) is 5.11. The minimum absolute atomic E-state index is 0.0258. The molecule has 1 fully saturated rings. The molecule has 0 aromatic heterocycles. The number of aryl methyl sites for hydroxylation is 1. The topological polar surface area (TPSA) is 40.5 Å². The Hall–Kier alpha value is -1.22. The molecule has 1 saturated heterocycles. The van der Waals surface area contributed by atoms with Gasteiger partial charge in [0.25, 0.3) is 5.91 Å². The number of carbonyl (C=O) groups excluding carboxylic acids is 1. The van der Waals surface area contributed by atoms with E-state index < -0.39 is 0 Å². The average Bonchev–Trinajstić information content (AvgIpc) is 2.38. The monoisotopic (exact) mass is 267 g/mol. The molecule has 0 saturated carbocycles. The average molecular weight is 268 g/mol. The number of rotatable bonds is 2. The van der Waals surface area contributed by atoms with Crippen molar-refractivity contribution in [3.05, 3.63) is 29.3 Å². The van der Waals surface area contributed by atoms with Crippen LogP contribution < -0.4 is 0 Å². The van der Waals surface area contributed by atoms with Crippen molar-refractivity contribution >= 4 is 17.5 Å². The van der Waals surface area contributed by atoms with E-state index in [0.717, 1.165) is 31.4 Å². The van der Waals surface area contributed by atoms with Gasteiger partial charge in [-0.1, -0.05) is 0 Å². The van der Waals surface area contributed by atoms with Gasteiger partial charge < -0.3 is 10.0 Å². The number of nitrogens with zero attached hydrogens (tertiary/aromatic N) is 1. The van der Waals surface area contributed by atoms with Gasteiger partial charge in [0.15, 0.2) is 0 Å². The molecule has 1 aromatic carbocycles. The highest BCUT2D eigenvalue weighted by Crippen LogP contribution is 2.23. The van der Waals surface area contributed by atoms with Crippen LogP contribution in [0.15, 0.2) is 18.2 Å². The Labute approximate surface area is 112 Å². The summed E-state index contributed by atoms with van der Waals surface area (Å²) in [4.78, 5) is 14.4. The van der Waals surface area contributed by atoms with Crippen LogP contribution in [-0.4, -0.2) is 34.4 Å². The molecular formula is C14H18ClNO2. The molecule has 0 aliphatic carbocycles. The van der Waals surface area contributed by atoms with Gasteiger partial charge in [-0.2, -0.15) is 0 Å². The number of carbonyl (C=O) groups is 1. The second-order valence-electron chi connectivity index (χ2n) is 4.80. The lowest BCUT2D eigenvalue weighted by Crippen LogP contribution is -2.44. The number of phenols is 1. The fourth-order valence-corrected chi connectivity index (χ4v) is 2.79. The number of amides is 1. The fourth-order valence-electron chi connectivity index (χ4n) is 2.47. The minimum Gasteiger partial charge on any atom is -0.508 e. The molecule has 0 bridgehead atoms. The van der Waals surface area contributed by atoms with Crippen LogP contribution in [0.3, 0.4) is 0 Å². The van der Waals surface area contributed by atoms with Gasteiger partial charge in [0, 0.05) is 24.0 Å². The molecule has 1 amide bonds. The molecule has 98 valence electrons. The number of likely N-dealkylation sites (tertiary alicyclic amines) is 1. The predicted octanol–water partition coefficient (Wildman–Crippen LogP) is 2.93. The predicted molar refractivity (Wildman–Crippen MR) is 72.2 cm³/mol. The highest BCUT2D eigenvalue weighted by atomic mass is 35.5. The number of hydrogen-bond donors (Lipinski definition) is 1. The zero-order chi connectivity index (χ0) is 13.1. The van der Waals surface area contributed by atoms with Crippen molar-refractivity contribution in [2.24, 2.45) is 0 Å². The number of aromatic hydroxyl groups is 1. The number of halogens is 1. The van der Waals surface area contributed by atoms with E-state index in [-0.39, 0.29) is 17.7 Å². The van der Waals surface area contributed by atoms with Crippen molar-refractivity contribution in [2.45, 2.75) is 32.2 Å². The van der Waals surface area contributed by atoms with Crippen molar-refractivity contribution in [2.75, 3.05) is 12.4 Å². The van der Waals surface area contributed by atoms with Crippen LogP contribution in [0.5, 0.6) is 5.75 Å². The van der Waals surface area contributed by atoms with Crippen molar-refractivity contribution in [3.8, 4) is 5.75 Å². The van der Waals surface area contributed by atoms with E-state index in [0.29, 0.717) is 11.4 Å². The van der Waals surface area contributed by atoms with Gasteiger partial charge in [0.05, 0.1) is 0 Å². The number of hydrogen-bond acceptors (Lipinski definition) is 2. The largest absolute Gasteiger partial charge is 0.508 e. The fraction of sp³-hybridized carbons (Fsp3) is 0.500. The summed E-state index contributed by atoms with van der Waals surface area (Å²) in [6.45, 7) is 2.61. The molecule has 3 nitrogen and oxygen atoms in total. The Morgan fingerprint density at radius 1 is 1.50 bits per heavy atom. The van der Waals surface area contributed by atoms with Crippen LogP contribution in [-0.2, 0) is 0 Å². The molecule has 1 aliphatic rings. The molecule has 18 heavy (non-hydrogen) atoms. The van der Waals surface area contributed by atoms with Gasteiger partial charge in [-0.05, 0) is 49.9 Å². The molecule has 1 atom stereocenters. The lowest BCUT2D eigenvalue weighted by Gasteiger charge is -2.35. The van der Waals surface area contributed by atoms with Crippen LogP contribution in [0.25, 0.3) is 0 Å². The minimum atomic E-state index is 0.0258. The number of alkyl halides is 1. The van der Waals surface area contributed by atoms with Gasteiger partial charge in [0.1, 0.15) is 5.75 Å². The van der Waals surface area contributed by atoms with Gasteiger partial charge in [-0.3, -0.25) is 4.79 Å². The number of benzene rings is 1. The lowest BCUT2D eigenvalue weighted by molar-refractivity contribution is 0.0638. The highest BCUT2D eigenvalue weighted by Gasteiger charge is 2.27. The standard InChI is InChI=1S/C14H18ClNO2/c1-10-8-12(17)5-6-13(10)14(18)16-7-3-2-4-11(16)9-15/h5-6,8,11,17H,2-4,7,9H2,1H3. The maximum atomic E-state index is 12.5. The van der Waals surface area contributed by atoms with Gasteiger partial charge in [0.2, 0.25) is 0 Å². The first-order valence-electron chi connectivity index (χ1n) is 6.30. The smallest absolute Gasteiger partial charge is 0.254 e. The summed E-state index contributed by atoms with van der Waals surface area (Å²) in [5, 5.41) is 9.38. The summed E-state index contributed by atoms with van der Waals surface area (Å²) in [6.07, 6.45) is 3.15. The van der Waals surface area contributed by atoms with E-state index in [1.54, 1.807) is 18.2 Å². The Morgan fingerprint density at radius 2 is 2.28 bits per heavy atom. The zero-order valence-corrected chi connectivity index (χ0v) is 11.3. The first-order valence-corrected chi connectivity index (χ1v) is 6.83. The maximum Gasteiger partial charge on any atom is 0.254 e. The van der Waals surface area contributed by atoms with Gasteiger partial charge in [-0.25, -0.2) is 0 Å². The van der Waals surface area contributed by atoms with Crippen LogP contribution in [0, 0.1) is 6.92 Å². The molecule has 4 heteroatoms. The summed E-state index contributed by atoms with van der Waals surface area (Å²) in [5.74, 6) is 0.706. The Morgan fingerprint density at radius 3 is 2.94 bits per heavy atom. The summed E-state index contributed by atoms with van der Waals surface area (Å²) in [5.41, 5.74) is 1.46. The first kappa shape index (κ1) is 13.2. The van der Waals surface area contributed by atoms with Crippen LogP contribution in [0.1, 0.15) is 35.2 Å². The molecule has 1 heterocycles. The van der Waals surface area contributed by atoms with Crippen LogP contribution in [0.4, 0.5) is 0 Å². The quantitative estimate of drug-likeness (QED) is 0.837. The molecule has 0 spiro atoms. The lowest BCUT2D eigenvalue weighted by atomic mass is 10.0. The third-order valence-corrected chi connectivity index (χ3v) is 3.86. The van der Waals surface area contributed by atoms with Crippen LogP contribution in [0.2, 0.25) is 0 Å². The van der Waals surface area contributed by atoms with E-state index >= 15 is 0 Å². The second kappa shape index (κ2) is 5.61. The van der Waals surface area contributed by atoms with Crippen molar-refractivity contribution < 1.29 is 9.90 Å². The van der Waals surface area contributed by atoms with Gasteiger partial charge >= 0.3 is 0 Å². The molecule has 1 unspecified atom stereocenters. The van der Waals surface area contributed by atoms with Crippen molar-refractivity contribution in [3.63, 3.8) is 0 Å². The van der Waals surface area contributed by atoms with E-state index in [1.165, 1.54) is 0 Å². The van der Waals surface area contributed by atoms with Crippen molar-refractivity contribution in [1.29, 1.82) is 0 Å². The SMILES string of the molecule is Cc1cc(O)ccc1C(=O)N1CCCCC1CCl. The Bertz CT molecular complexity index is 447. The zero-order valence-electron chi connectivity index (χ0n) is 10.5. The van der Waals surface area contributed by atoms with Gasteiger partial charge in [-0.15, -0.1) is 11.6 Å². The Balaban J connectivity index is 2.24. The van der Waals surface area contributed by atoms with E-state index in [9.17, 15) is 9.90 Å². The number of phenolic OH excluding ortho intramolecular Hbond substituents is 1. The third kappa shape index (κ3) is 2.61. The molecular weight excluding hydrogens is 250 g/mol. The molecule has 1 N–H and O–H groups in total. The highest BCUT2D eigenvalue weighted by molar-refractivity contribution is 6.18. The Kier molecular flexibility index (Phi) is 4.12. The summed E-state index contributed by atoms with van der Waals surface area (Å²) in [6, 6.07) is 5.00. The first-order chi connectivity index (χ1) is 8.63.